The third-order valence-electron chi connectivity index (χ3n) is 5.44. The number of carbonyl (C=O) groups excluding carboxylic acids is 2. The molecule has 26 heavy (non-hydrogen) atoms. The molecule has 5 nitrogen and oxygen atoms in total. The summed E-state index contributed by atoms with van der Waals surface area (Å²) in [5.41, 5.74) is 2.08. The van der Waals surface area contributed by atoms with Crippen LogP contribution in [0.25, 0.3) is 0 Å². The normalized spacial score (nSPS) is 18.2. The van der Waals surface area contributed by atoms with E-state index < -0.39 is 0 Å². The molecule has 1 aromatic rings. The van der Waals surface area contributed by atoms with Gasteiger partial charge in [-0.25, -0.2) is 0 Å². The number of rotatable bonds is 7. The number of carbonyl (C=O) groups is 2. The largest absolute Gasteiger partial charge is 0.466 e. The fourth-order valence-corrected chi connectivity index (χ4v) is 3.45. The lowest BCUT2D eigenvalue weighted by atomic mass is 9.95. The number of piperidine rings is 1. The minimum absolute atomic E-state index is 0.00957. The first-order valence-electron chi connectivity index (χ1n) is 9.78. The van der Waals surface area contributed by atoms with Crippen molar-refractivity contribution in [2.24, 2.45) is 5.92 Å². The Morgan fingerprint density at radius 2 is 1.85 bits per heavy atom. The third kappa shape index (κ3) is 5.07. The van der Waals surface area contributed by atoms with Gasteiger partial charge in [-0.1, -0.05) is 32.0 Å². The Hall–Kier alpha value is -1.88. The number of nitrogens with zero attached hydrogens (tertiary/aromatic N) is 1. The van der Waals surface area contributed by atoms with E-state index in [1.54, 1.807) is 0 Å². The second-order valence-electron chi connectivity index (χ2n) is 7.12. The van der Waals surface area contributed by atoms with Crippen molar-refractivity contribution in [1.82, 2.24) is 4.90 Å². The Labute approximate surface area is 157 Å². The molecule has 0 radical (unpaired) electrons. The molecule has 1 fully saturated rings. The van der Waals surface area contributed by atoms with Crippen LogP contribution in [0.1, 0.15) is 58.4 Å². The van der Waals surface area contributed by atoms with Crippen LogP contribution in [0.15, 0.2) is 24.3 Å². The Morgan fingerprint density at radius 3 is 2.46 bits per heavy atom. The number of anilines is 1. The number of nitrogens with one attached hydrogen (secondary N) is 1. The van der Waals surface area contributed by atoms with Crippen LogP contribution in [-0.4, -0.2) is 42.5 Å². The van der Waals surface area contributed by atoms with Crippen molar-refractivity contribution in [3.05, 3.63) is 29.8 Å². The summed E-state index contributed by atoms with van der Waals surface area (Å²) in [7, 11) is 0. The van der Waals surface area contributed by atoms with E-state index in [2.05, 4.69) is 30.1 Å². The van der Waals surface area contributed by atoms with E-state index in [1.165, 1.54) is 5.56 Å². The van der Waals surface area contributed by atoms with Gasteiger partial charge in [-0.2, -0.15) is 0 Å². The lowest BCUT2D eigenvalue weighted by Crippen LogP contribution is -2.47. The van der Waals surface area contributed by atoms with Crippen molar-refractivity contribution in [1.29, 1.82) is 0 Å². The van der Waals surface area contributed by atoms with Gasteiger partial charge < -0.3 is 10.1 Å². The molecular weight excluding hydrogens is 328 g/mol. The summed E-state index contributed by atoms with van der Waals surface area (Å²) in [5, 5.41) is 3.10. The third-order valence-corrected chi connectivity index (χ3v) is 5.44. The predicted octanol–water partition coefficient (Wildman–Crippen LogP) is 3.80. The lowest BCUT2D eigenvalue weighted by molar-refractivity contribution is -0.149. The summed E-state index contributed by atoms with van der Waals surface area (Å²) in [6.45, 7) is 10.0. The van der Waals surface area contributed by atoms with Crippen molar-refractivity contribution in [2.75, 3.05) is 25.0 Å². The van der Waals surface area contributed by atoms with E-state index in [1.807, 2.05) is 32.0 Å². The monoisotopic (exact) mass is 360 g/mol. The molecule has 0 aliphatic carbocycles. The molecule has 1 N–H and O–H groups in total. The summed E-state index contributed by atoms with van der Waals surface area (Å²) < 4.78 is 5.11. The molecule has 1 heterocycles. The first-order chi connectivity index (χ1) is 12.5. The second kappa shape index (κ2) is 9.72. The molecule has 144 valence electrons. The van der Waals surface area contributed by atoms with Gasteiger partial charge in [0, 0.05) is 5.69 Å². The first kappa shape index (κ1) is 20.4. The highest BCUT2D eigenvalue weighted by Gasteiger charge is 2.30. The zero-order valence-electron chi connectivity index (χ0n) is 16.5. The second-order valence-corrected chi connectivity index (χ2v) is 7.12. The maximum Gasteiger partial charge on any atom is 0.309 e. The topological polar surface area (TPSA) is 58.6 Å². The standard InChI is InChI=1S/C21H32N2O3/c1-5-15(3)18-9-7-8-10-19(18)22-20(24)16(4)23-13-11-17(12-14-23)21(25)26-6-2/h7-10,15-17H,5-6,11-14H2,1-4H3,(H,22,24)/t15-,16+/m0/s1. The van der Waals surface area contributed by atoms with Crippen LogP contribution in [0.5, 0.6) is 0 Å². The SMILES string of the molecule is CCOC(=O)C1CCN([C@H](C)C(=O)Nc2ccccc2[C@@H](C)CC)CC1. The van der Waals surface area contributed by atoms with Gasteiger partial charge in [-0.05, 0) is 63.7 Å². The highest BCUT2D eigenvalue weighted by Crippen LogP contribution is 2.27. The molecule has 0 unspecified atom stereocenters. The van der Waals surface area contributed by atoms with E-state index in [0.29, 0.717) is 12.5 Å². The minimum Gasteiger partial charge on any atom is -0.466 e. The van der Waals surface area contributed by atoms with Crippen LogP contribution in [0.2, 0.25) is 0 Å². The molecule has 0 spiro atoms. The van der Waals surface area contributed by atoms with Crippen molar-refractivity contribution in [3.8, 4) is 0 Å². The number of amides is 1. The van der Waals surface area contributed by atoms with E-state index in [-0.39, 0.29) is 23.8 Å². The fraction of sp³-hybridized carbons (Fsp3) is 0.619. The van der Waals surface area contributed by atoms with Gasteiger partial charge in [0.15, 0.2) is 0 Å². The van der Waals surface area contributed by atoms with Gasteiger partial charge >= 0.3 is 5.97 Å². The molecule has 1 saturated heterocycles. The quantitative estimate of drug-likeness (QED) is 0.752. The molecule has 1 aliphatic heterocycles. The van der Waals surface area contributed by atoms with E-state index in [9.17, 15) is 9.59 Å². The maximum absolute atomic E-state index is 12.7. The summed E-state index contributed by atoms with van der Waals surface area (Å²) in [6.07, 6.45) is 2.53. The molecule has 1 amide bonds. The predicted molar refractivity (Wildman–Crippen MR) is 104 cm³/mol. The van der Waals surface area contributed by atoms with Crippen LogP contribution in [-0.2, 0) is 14.3 Å². The molecule has 5 heteroatoms. The van der Waals surface area contributed by atoms with Gasteiger partial charge in [-0.15, -0.1) is 0 Å². The van der Waals surface area contributed by atoms with Crippen molar-refractivity contribution >= 4 is 17.6 Å². The van der Waals surface area contributed by atoms with Crippen molar-refractivity contribution in [2.45, 2.75) is 58.9 Å². The van der Waals surface area contributed by atoms with Crippen LogP contribution in [0.3, 0.4) is 0 Å². The number of para-hydroxylation sites is 1. The Kier molecular flexibility index (Phi) is 7.64. The van der Waals surface area contributed by atoms with Gasteiger partial charge in [0.1, 0.15) is 0 Å². The minimum atomic E-state index is -0.219. The number of hydrogen-bond acceptors (Lipinski definition) is 4. The van der Waals surface area contributed by atoms with Gasteiger partial charge in [0.2, 0.25) is 5.91 Å². The molecule has 1 aliphatic rings. The van der Waals surface area contributed by atoms with E-state index >= 15 is 0 Å². The molecule has 0 aromatic heterocycles. The Balaban J connectivity index is 1.94. The number of hydrogen-bond donors (Lipinski definition) is 1. The highest BCUT2D eigenvalue weighted by molar-refractivity contribution is 5.95. The van der Waals surface area contributed by atoms with Gasteiger partial charge in [-0.3, -0.25) is 14.5 Å². The average molecular weight is 360 g/mol. The van der Waals surface area contributed by atoms with E-state index in [0.717, 1.165) is 38.0 Å². The number of benzene rings is 1. The summed E-state index contributed by atoms with van der Waals surface area (Å²) in [4.78, 5) is 26.8. The molecule has 2 rings (SSSR count). The molecule has 1 aromatic carbocycles. The van der Waals surface area contributed by atoms with Crippen LogP contribution < -0.4 is 5.32 Å². The Morgan fingerprint density at radius 1 is 1.19 bits per heavy atom. The van der Waals surface area contributed by atoms with Crippen LogP contribution >= 0.6 is 0 Å². The molecule has 2 atom stereocenters. The maximum atomic E-state index is 12.7. The zero-order valence-corrected chi connectivity index (χ0v) is 16.5. The zero-order chi connectivity index (χ0) is 19.1. The van der Waals surface area contributed by atoms with Crippen LogP contribution in [0.4, 0.5) is 5.69 Å². The average Bonchev–Trinajstić information content (AvgIpc) is 2.67. The summed E-state index contributed by atoms with van der Waals surface area (Å²) in [6, 6.07) is 7.80. The smallest absolute Gasteiger partial charge is 0.309 e. The van der Waals surface area contributed by atoms with E-state index in [4.69, 9.17) is 4.74 Å². The molecular formula is C21H32N2O3. The number of esters is 1. The highest BCUT2D eigenvalue weighted by atomic mass is 16.5. The van der Waals surface area contributed by atoms with Crippen molar-refractivity contribution in [3.63, 3.8) is 0 Å². The van der Waals surface area contributed by atoms with Gasteiger partial charge in [0.05, 0.1) is 18.6 Å². The number of likely N-dealkylation sites (tertiary alicyclic amines) is 1. The molecule has 0 saturated carbocycles. The number of ether oxygens (including phenoxy) is 1. The molecule has 0 bridgehead atoms. The first-order valence-corrected chi connectivity index (χ1v) is 9.78. The Bertz CT molecular complexity index is 609. The van der Waals surface area contributed by atoms with Crippen LogP contribution in [0, 0.1) is 5.92 Å². The summed E-state index contributed by atoms with van der Waals surface area (Å²) >= 11 is 0. The lowest BCUT2D eigenvalue weighted by Gasteiger charge is -2.34. The van der Waals surface area contributed by atoms with Gasteiger partial charge in [0.25, 0.3) is 0 Å². The fourth-order valence-electron chi connectivity index (χ4n) is 3.45. The van der Waals surface area contributed by atoms with Crippen molar-refractivity contribution < 1.29 is 14.3 Å². The summed E-state index contributed by atoms with van der Waals surface area (Å²) in [5.74, 6) is 0.275.